The van der Waals surface area contributed by atoms with Crippen LogP contribution in [-0.2, 0) is 14.9 Å². The number of fused-ring (bicyclic) bond motifs is 9. The van der Waals surface area contributed by atoms with Crippen LogP contribution in [0.5, 0.6) is 0 Å². The molecule has 2 bridgehead atoms. The molecule has 34 heavy (non-hydrogen) atoms. The Bertz CT molecular complexity index is 1260. The first-order chi connectivity index (χ1) is 16.7. The van der Waals surface area contributed by atoms with Gasteiger partial charge in [0.2, 0.25) is 0 Å². The fourth-order valence-corrected chi connectivity index (χ4v) is 7.48. The van der Waals surface area contributed by atoms with Crippen LogP contribution in [0.15, 0.2) is 84.9 Å². The minimum atomic E-state index is -0.437. The van der Waals surface area contributed by atoms with Crippen LogP contribution in [0.25, 0.3) is 0 Å². The van der Waals surface area contributed by atoms with Gasteiger partial charge in [-0.25, -0.2) is 9.59 Å². The van der Waals surface area contributed by atoms with Crippen LogP contribution in [0.1, 0.15) is 57.0 Å². The predicted molar refractivity (Wildman–Crippen MR) is 126 cm³/mol. The number of hydrogen-bond acceptors (Lipinski definition) is 4. The Morgan fingerprint density at radius 1 is 0.676 bits per heavy atom. The minimum absolute atomic E-state index is 0.164. The van der Waals surface area contributed by atoms with Crippen molar-refractivity contribution < 1.29 is 19.1 Å². The summed E-state index contributed by atoms with van der Waals surface area (Å²) in [6.45, 7) is 0. The third kappa shape index (κ3) is 2.78. The van der Waals surface area contributed by atoms with Crippen LogP contribution >= 0.6 is 0 Å². The van der Waals surface area contributed by atoms with Crippen molar-refractivity contribution in [3.8, 4) is 0 Å². The number of carbonyl (C=O) groups is 2. The van der Waals surface area contributed by atoms with Gasteiger partial charge in [-0.15, -0.1) is 0 Å². The third-order valence-electron chi connectivity index (χ3n) is 8.81. The van der Waals surface area contributed by atoms with E-state index in [1.54, 1.807) is 24.3 Å². The summed E-state index contributed by atoms with van der Waals surface area (Å²) in [5.74, 6) is 0.501. The summed E-state index contributed by atoms with van der Waals surface area (Å²) in [6, 6.07) is 27.0. The molecule has 0 aliphatic heterocycles. The normalized spacial score (nSPS) is 31.1. The summed E-state index contributed by atoms with van der Waals surface area (Å²) in [5.41, 5.74) is 4.17. The number of esters is 2. The highest BCUT2D eigenvalue weighted by atomic mass is 16.6. The van der Waals surface area contributed by atoms with Crippen molar-refractivity contribution in [2.75, 3.05) is 0 Å². The van der Waals surface area contributed by atoms with E-state index in [-0.39, 0.29) is 29.2 Å². The van der Waals surface area contributed by atoms with Crippen LogP contribution in [-0.4, -0.2) is 24.1 Å². The zero-order valence-electron chi connectivity index (χ0n) is 18.8. The lowest BCUT2D eigenvalue weighted by Gasteiger charge is -2.39. The molecule has 4 aliphatic carbocycles. The molecule has 170 valence electrons. The zero-order chi connectivity index (χ0) is 22.9. The van der Waals surface area contributed by atoms with Crippen molar-refractivity contribution in [2.45, 2.75) is 42.8 Å². The van der Waals surface area contributed by atoms with E-state index in [4.69, 9.17) is 9.47 Å². The average molecular weight is 451 g/mol. The van der Waals surface area contributed by atoms with Crippen molar-refractivity contribution in [1.29, 1.82) is 0 Å². The van der Waals surface area contributed by atoms with Crippen molar-refractivity contribution in [2.24, 2.45) is 17.8 Å². The molecule has 3 aromatic carbocycles. The number of benzene rings is 3. The maximum atomic E-state index is 13.1. The second-order valence-corrected chi connectivity index (χ2v) is 10.3. The van der Waals surface area contributed by atoms with Crippen LogP contribution < -0.4 is 0 Å². The lowest BCUT2D eigenvalue weighted by Crippen LogP contribution is -2.46. The average Bonchev–Trinajstić information content (AvgIpc) is 3.40. The van der Waals surface area contributed by atoms with E-state index in [1.807, 2.05) is 36.4 Å². The second-order valence-electron chi connectivity index (χ2n) is 10.3. The molecule has 4 nitrogen and oxygen atoms in total. The monoisotopic (exact) mass is 450 g/mol. The highest BCUT2D eigenvalue weighted by Gasteiger charge is 2.72. The Hall–Kier alpha value is -3.40. The summed E-state index contributed by atoms with van der Waals surface area (Å²) >= 11 is 0. The maximum Gasteiger partial charge on any atom is 0.338 e. The van der Waals surface area contributed by atoms with Gasteiger partial charge in [-0.1, -0.05) is 60.7 Å². The van der Waals surface area contributed by atoms with Gasteiger partial charge >= 0.3 is 11.9 Å². The molecule has 4 heteroatoms. The molecule has 0 amide bonds. The molecular weight excluding hydrogens is 424 g/mol. The Kier molecular flexibility index (Phi) is 4.30. The number of rotatable bonds is 4. The fourth-order valence-electron chi connectivity index (χ4n) is 7.48. The van der Waals surface area contributed by atoms with Crippen LogP contribution in [0.4, 0.5) is 0 Å². The van der Waals surface area contributed by atoms with Crippen molar-refractivity contribution in [3.63, 3.8) is 0 Å². The van der Waals surface area contributed by atoms with Crippen LogP contribution in [0.2, 0.25) is 0 Å². The molecule has 0 saturated heterocycles. The molecule has 7 rings (SSSR count). The first kappa shape index (κ1) is 20.0. The standard InChI is InChI=1S/C30H26O4/c31-28(18-9-3-1-4-10-18)33-26-21-17-22(27(26)34-29(32)19-11-5-2-6-12-19)25-24(21)20-13-7-8-14-23(20)30(25)15-16-30/h1-14,21-22,24-27H,15-17H2. The van der Waals surface area contributed by atoms with E-state index < -0.39 is 12.2 Å². The van der Waals surface area contributed by atoms with E-state index in [0.29, 0.717) is 23.0 Å². The SMILES string of the molecule is O=C(OC1C2CC(C1OC(=O)c1ccccc1)C1C2c2ccccc2C12CC2)c1ccccc1. The molecule has 4 aliphatic rings. The Morgan fingerprint density at radius 2 is 1.21 bits per heavy atom. The van der Waals surface area contributed by atoms with Gasteiger partial charge in [-0.3, -0.25) is 0 Å². The molecule has 6 unspecified atom stereocenters. The van der Waals surface area contributed by atoms with E-state index in [2.05, 4.69) is 24.3 Å². The summed E-state index contributed by atoms with van der Waals surface area (Å²) in [6.07, 6.45) is 2.47. The largest absolute Gasteiger partial charge is 0.455 e. The van der Waals surface area contributed by atoms with E-state index in [0.717, 1.165) is 6.42 Å². The Balaban J connectivity index is 1.25. The van der Waals surface area contributed by atoms with E-state index >= 15 is 0 Å². The topological polar surface area (TPSA) is 52.6 Å². The zero-order valence-corrected chi connectivity index (χ0v) is 18.8. The summed E-state index contributed by atoms with van der Waals surface area (Å²) in [5, 5.41) is 0. The summed E-state index contributed by atoms with van der Waals surface area (Å²) < 4.78 is 12.4. The number of hydrogen-bond donors (Lipinski definition) is 0. The van der Waals surface area contributed by atoms with Crippen LogP contribution in [0, 0.1) is 17.8 Å². The second kappa shape index (κ2) is 7.30. The molecule has 0 aromatic heterocycles. The van der Waals surface area contributed by atoms with Gasteiger partial charge in [0.25, 0.3) is 0 Å². The van der Waals surface area contributed by atoms with Crippen molar-refractivity contribution in [3.05, 3.63) is 107 Å². The minimum Gasteiger partial charge on any atom is -0.455 e. The number of carbonyl (C=O) groups excluding carboxylic acids is 2. The highest BCUT2D eigenvalue weighted by molar-refractivity contribution is 5.90. The van der Waals surface area contributed by atoms with Gasteiger partial charge in [-0.05, 0) is 71.9 Å². The molecule has 0 N–H and O–H groups in total. The molecule has 6 atom stereocenters. The molecular formula is C30H26O4. The fraction of sp³-hybridized carbons (Fsp3) is 0.333. The first-order valence-electron chi connectivity index (χ1n) is 12.3. The maximum absolute atomic E-state index is 13.1. The lowest BCUT2D eigenvalue weighted by atomic mass is 9.72. The molecule has 0 heterocycles. The van der Waals surface area contributed by atoms with Crippen molar-refractivity contribution in [1.82, 2.24) is 0 Å². The Morgan fingerprint density at radius 3 is 1.79 bits per heavy atom. The first-order valence-corrected chi connectivity index (χ1v) is 12.3. The van der Waals surface area contributed by atoms with E-state index in [1.165, 1.54) is 24.0 Å². The van der Waals surface area contributed by atoms with Crippen molar-refractivity contribution >= 4 is 11.9 Å². The molecule has 1 spiro atoms. The molecule has 0 radical (unpaired) electrons. The third-order valence-corrected chi connectivity index (χ3v) is 8.81. The summed E-state index contributed by atoms with van der Waals surface area (Å²) in [4.78, 5) is 26.2. The van der Waals surface area contributed by atoms with Gasteiger partial charge in [0, 0.05) is 11.8 Å². The quantitative estimate of drug-likeness (QED) is 0.387. The number of ether oxygens (including phenoxy) is 2. The van der Waals surface area contributed by atoms with Gasteiger partial charge in [0.05, 0.1) is 11.1 Å². The molecule has 3 aromatic rings. The molecule has 3 fully saturated rings. The molecule has 3 saturated carbocycles. The van der Waals surface area contributed by atoms with Gasteiger partial charge in [0.1, 0.15) is 12.2 Å². The highest BCUT2D eigenvalue weighted by Crippen LogP contribution is 2.74. The predicted octanol–water partition coefficient (Wildman–Crippen LogP) is 5.53. The summed E-state index contributed by atoms with van der Waals surface area (Å²) in [7, 11) is 0. The van der Waals surface area contributed by atoms with Gasteiger partial charge in [-0.2, -0.15) is 0 Å². The lowest BCUT2D eigenvalue weighted by molar-refractivity contribution is -0.0733. The van der Waals surface area contributed by atoms with Gasteiger partial charge in [0.15, 0.2) is 0 Å². The smallest absolute Gasteiger partial charge is 0.338 e. The van der Waals surface area contributed by atoms with Gasteiger partial charge < -0.3 is 9.47 Å². The van der Waals surface area contributed by atoms with E-state index in [9.17, 15) is 9.59 Å². The Labute approximate surface area is 198 Å². The van der Waals surface area contributed by atoms with Crippen LogP contribution in [0.3, 0.4) is 0 Å².